The highest BCUT2D eigenvalue weighted by Gasteiger charge is 2.39. The second-order valence-electron chi connectivity index (χ2n) is 13.1. The monoisotopic (exact) mass is 688 g/mol. The summed E-state index contributed by atoms with van der Waals surface area (Å²) in [6, 6.07) is 23.0. The molecule has 262 valence electrons. The van der Waals surface area contributed by atoms with E-state index in [1.165, 1.54) is 0 Å². The molecule has 2 aliphatic rings. The van der Waals surface area contributed by atoms with Crippen LogP contribution < -0.4 is 19.7 Å². The van der Waals surface area contributed by atoms with Crippen molar-refractivity contribution in [1.29, 1.82) is 0 Å². The summed E-state index contributed by atoms with van der Waals surface area (Å²) in [5, 5.41) is 8.15. The molecule has 0 radical (unpaired) electrons. The number of hydrogen-bond acceptors (Lipinski definition) is 9. The zero-order valence-corrected chi connectivity index (χ0v) is 29.6. The van der Waals surface area contributed by atoms with Gasteiger partial charge in [-0.2, -0.15) is 5.10 Å². The van der Waals surface area contributed by atoms with Crippen molar-refractivity contribution in [2.75, 3.05) is 52.0 Å². The number of methoxy groups -OCH3 is 2. The highest BCUT2D eigenvalue weighted by molar-refractivity contribution is 7.91. The normalized spacial score (nSPS) is 20.7. The molecule has 1 N–H and O–H groups in total. The Balaban J connectivity index is 1.35. The van der Waals surface area contributed by atoms with Crippen LogP contribution in [0.25, 0.3) is 0 Å². The molecular weight excluding hydrogens is 641 g/mol. The van der Waals surface area contributed by atoms with Gasteiger partial charge in [0, 0.05) is 51.2 Å². The highest BCUT2D eigenvalue weighted by Crippen LogP contribution is 2.42. The van der Waals surface area contributed by atoms with Gasteiger partial charge in [0.15, 0.2) is 5.44 Å². The maximum atomic E-state index is 14.6. The first-order valence-electron chi connectivity index (χ1n) is 17.1. The van der Waals surface area contributed by atoms with Gasteiger partial charge in [-0.3, -0.25) is 4.68 Å². The van der Waals surface area contributed by atoms with E-state index in [0.717, 1.165) is 54.1 Å². The molecule has 3 aromatic carbocycles. The molecule has 1 unspecified atom stereocenters. The third-order valence-corrected chi connectivity index (χ3v) is 11.5. The SMILES string of the molecule is COCCCN1CCOc2ccc(C(O[C@H]3CN[C@@H](C[C@H](C)n4cccn4)C[C@@H]3c3ccc(OC)cc3)S(=O)(=O)c3ccc(C)cc3)cc21. The molecule has 10 nitrogen and oxygen atoms in total. The predicted octanol–water partition coefficient (Wildman–Crippen LogP) is 6.09. The fourth-order valence-electron chi connectivity index (χ4n) is 6.96. The largest absolute Gasteiger partial charge is 0.497 e. The molecule has 3 heterocycles. The molecule has 0 aliphatic carbocycles. The van der Waals surface area contributed by atoms with E-state index < -0.39 is 21.4 Å². The summed E-state index contributed by atoms with van der Waals surface area (Å²) in [5.74, 6) is 1.44. The minimum Gasteiger partial charge on any atom is -0.497 e. The van der Waals surface area contributed by atoms with Crippen molar-refractivity contribution in [3.63, 3.8) is 0 Å². The number of ether oxygens (including phenoxy) is 4. The van der Waals surface area contributed by atoms with Crippen LogP contribution in [0.2, 0.25) is 0 Å². The van der Waals surface area contributed by atoms with Gasteiger partial charge in [0.1, 0.15) is 18.1 Å². The second kappa shape index (κ2) is 15.8. The van der Waals surface area contributed by atoms with Crippen molar-refractivity contribution in [3.8, 4) is 11.5 Å². The van der Waals surface area contributed by atoms with Gasteiger partial charge in [-0.1, -0.05) is 35.9 Å². The predicted molar refractivity (Wildman–Crippen MR) is 190 cm³/mol. The molecule has 0 saturated carbocycles. The van der Waals surface area contributed by atoms with Gasteiger partial charge in [0.2, 0.25) is 9.84 Å². The Morgan fingerprint density at radius 2 is 1.86 bits per heavy atom. The highest BCUT2D eigenvalue weighted by atomic mass is 32.2. The van der Waals surface area contributed by atoms with Gasteiger partial charge in [-0.05, 0) is 86.7 Å². The fourth-order valence-corrected chi connectivity index (χ4v) is 8.52. The summed E-state index contributed by atoms with van der Waals surface area (Å²) in [5.41, 5.74) is 2.27. The lowest BCUT2D eigenvalue weighted by Crippen LogP contribution is -2.48. The number of piperidine rings is 1. The van der Waals surface area contributed by atoms with Crippen LogP contribution in [0.5, 0.6) is 11.5 Å². The zero-order chi connectivity index (χ0) is 34.4. The number of nitrogens with one attached hydrogen (secondary N) is 1. The maximum Gasteiger partial charge on any atom is 0.209 e. The number of hydrogen-bond donors (Lipinski definition) is 1. The Bertz CT molecular complexity index is 1750. The van der Waals surface area contributed by atoms with E-state index in [0.29, 0.717) is 31.9 Å². The molecule has 0 spiro atoms. The van der Waals surface area contributed by atoms with Gasteiger partial charge in [-0.25, -0.2) is 8.42 Å². The average molecular weight is 689 g/mol. The average Bonchev–Trinajstić information content (AvgIpc) is 3.67. The van der Waals surface area contributed by atoms with Crippen molar-refractivity contribution < 1.29 is 27.4 Å². The molecule has 0 bridgehead atoms. The van der Waals surface area contributed by atoms with Gasteiger partial charge >= 0.3 is 0 Å². The van der Waals surface area contributed by atoms with Crippen molar-refractivity contribution >= 4 is 15.5 Å². The van der Waals surface area contributed by atoms with E-state index in [2.05, 4.69) is 34.4 Å². The van der Waals surface area contributed by atoms with Gasteiger partial charge < -0.3 is 29.2 Å². The van der Waals surface area contributed by atoms with Crippen LogP contribution >= 0.6 is 0 Å². The lowest BCUT2D eigenvalue weighted by Gasteiger charge is -2.40. The van der Waals surface area contributed by atoms with E-state index in [-0.39, 0.29) is 22.9 Å². The van der Waals surface area contributed by atoms with Gasteiger partial charge in [-0.15, -0.1) is 0 Å². The Morgan fingerprint density at radius 1 is 1.06 bits per heavy atom. The van der Waals surface area contributed by atoms with E-state index >= 15 is 0 Å². The number of aromatic nitrogens is 2. The lowest BCUT2D eigenvalue weighted by atomic mass is 9.82. The molecule has 6 rings (SSSR count). The summed E-state index contributed by atoms with van der Waals surface area (Å²) in [6.45, 7) is 7.30. The Morgan fingerprint density at radius 3 is 2.57 bits per heavy atom. The summed E-state index contributed by atoms with van der Waals surface area (Å²) >= 11 is 0. The molecule has 11 heteroatoms. The fraction of sp³-hybridized carbons (Fsp3) is 0.447. The van der Waals surface area contributed by atoms with Crippen molar-refractivity contribution in [2.45, 2.75) is 67.5 Å². The van der Waals surface area contributed by atoms with Crippen LogP contribution in [0.4, 0.5) is 5.69 Å². The minimum atomic E-state index is -3.97. The van der Waals surface area contributed by atoms with Crippen LogP contribution in [0.1, 0.15) is 60.3 Å². The number of benzene rings is 3. The standard InChI is InChI=1S/C38H48N4O6S/c1-27-7-14-33(15-8-27)49(43,44)38(30-11-16-36-35(24-30)41(20-22-47-36)18-6-21-45-3)48-37-26-39-31(23-28(2)42-19-5-17-40-42)25-34(37)29-9-12-32(46-4)13-10-29/h5,7-17,19,24,28,31,34,37-39H,6,18,20-23,25-26H2,1-4H3/t28-,31-,34+,37-,38?/m0/s1. The Labute approximate surface area is 290 Å². The topological polar surface area (TPSA) is 104 Å². The number of anilines is 1. The van der Waals surface area contributed by atoms with Crippen molar-refractivity contribution in [1.82, 2.24) is 15.1 Å². The first-order chi connectivity index (χ1) is 23.8. The summed E-state index contributed by atoms with van der Waals surface area (Å²) < 4.78 is 54.9. The number of fused-ring (bicyclic) bond motifs is 1. The number of sulfone groups is 1. The van der Waals surface area contributed by atoms with Crippen LogP contribution in [0.15, 0.2) is 90.1 Å². The van der Waals surface area contributed by atoms with Gasteiger partial charge in [0.25, 0.3) is 0 Å². The third kappa shape index (κ3) is 8.12. The molecule has 1 saturated heterocycles. The lowest BCUT2D eigenvalue weighted by molar-refractivity contribution is -0.00755. The molecule has 4 aromatic rings. The summed E-state index contributed by atoms with van der Waals surface area (Å²) in [7, 11) is -0.622. The number of nitrogens with zero attached hydrogens (tertiary/aromatic N) is 3. The molecule has 1 aromatic heterocycles. The third-order valence-electron chi connectivity index (χ3n) is 9.66. The van der Waals surface area contributed by atoms with Crippen LogP contribution in [-0.4, -0.2) is 77.4 Å². The van der Waals surface area contributed by atoms with Crippen LogP contribution in [-0.2, 0) is 19.3 Å². The zero-order valence-electron chi connectivity index (χ0n) is 28.8. The van der Waals surface area contributed by atoms with E-state index in [9.17, 15) is 8.42 Å². The quantitative estimate of drug-likeness (QED) is 0.158. The molecule has 2 aliphatic heterocycles. The summed E-state index contributed by atoms with van der Waals surface area (Å²) in [6.07, 6.45) is 5.85. The number of aryl methyl sites for hydroxylation is 1. The first kappa shape index (κ1) is 34.9. The van der Waals surface area contributed by atoms with Crippen molar-refractivity contribution in [2.24, 2.45) is 0 Å². The van der Waals surface area contributed by atoms with E-state index in [4.69, 9.17) is 18.9 Å². The van der Waals surface area contributed by atoms with E-state index in [1.54, 1.807) is 32.5 Å². The molecule has 49 heavy (non-hydrogen) atoms. The molecule has 0 amide bonds. The summed E-state index contributed by atoms with van der Waals surface area (Å²) in [4.78, 5) is 2.47. The first-order valence-corrected chi connectivity index (χ1v) is 18.6. The second-order valence-corrected chi connectivity index (χ2v) is 15.1. The van der Waals surface area contributed by atoms with Gasteiger partial charge in [0.05, 0.1) is 36.4 Å². The van der Waals surface area contributed by atoms with Crippen LogP contribution in [0.3, 0.4) is 0 Å². The molecule has 5 atom stereocenters. The van der Waals surface area contributed by atoms with E-state index in [1.807, 2.05) is 66.3 Å². The minimum absolute atomic E-state index is 0.0656. The Hall–Kier alpha value is -3.90. The molecular formula is C38H48N4O6S. The maximum absolute atomic E-state index is 14.6. The van der Waals surface area contributed by atoms with Crippen LogP contribution in [0, 0.1) is 6.92 Å². The molecule has 1 fully saturated rings. The van der Waals surface area contributed by atoms with Crippen molar-refractivity contribution in [3.05, 3.63) is 102 Å². The number of rotatable bonds is 14. The Kier molecular flexibility index (Phi) is 11.2. The smallest absolute Gasteiger partial charge is 0.209 e.